The minimum Gasteiger partial charge on any atom is -0.485 e. The normalized spacial score (nSPS) is 19.2. The molecule has 0 radical (unpaired) electrons. The zero-order valence-corrected chi connectivity index (χ0v) is 11.8. The van der Waals surface area contributed by atoms with Crippen LogP contribution in [-0.4, -0.2) is 10.7 Å². The summed E-state index contributed by atoms with van der Waals surface area (Å²) in [5.41, 5.74) is 2.83. The fourth-order valence-electron chi connectivity index (χ4n) is 2.65. The zero-order valence-electron chi connectivity index (χ0n) is 11.8. The summed E-state index contributed by atoms with van der Waals surface area (Å²) in [4.78, 5) is 0. The van der Waals surface area contributed by atoms with Gasteiger partial charge in [-0.1, -0.05) is 30.3 Å². The average Bonchev–Trinajstić information content (AvgIpc) is 2.70. The van der Waals surface area contributed by atoms with Crippen molar-refractivity contribution in [2.24, 2.45) is 0 Å². The SMILES string of the molecule is CC1(C)Oc2ccccc2C1Nc1ccc(CO)cc1. The molecule has 3 heteroatoms. The second-order valence-electron chi connectivity index (χ2n) is 5.68. The summed E-state index contributed by atoms with van der Waals surface area (Å²) >= 11 is 0. The van der Waals surface area contributed by atoms with E-state index in [2.05, 4.69) is 25.2 Å². The van der Waals surface area contributed by atoms with E-state index >= 15 is 0 Å². The highest BCUT2D eigenvalue weighted by atomic mass is 16.5. The smallest absolute Gasteiger partial charge is 0.128 e. The van der Waals surface area contributed by atoms with E-state index in [-0.39, 0.29) is 18.2 Å². The molecule has 2 aromatic rings. The maximum Gasteiger partial charge on any atom is 0.128 e. The molecular weight excluding hydrogens is 250 g/mol. The fourth-order valence-corrected chi connectivity index (χ4v) is 2.65. The summed E-state index contributed by atoms with van der Waals surface area (Å²) < 4.78 is 6.02. The van der Waals surface area contributed by atoms with Crippen molar-refractivity contribution in [1.29, 1.82) is 0 Å². The first-order chi connectivity index (χ1) is 9.60. The molecule has 0 aliphatic carbocycles. The summed E-state index contributed by atoms with van der Waals surface area (Å²) in [5.74, 6) is 0.946. The molecule has 0 bridgehead atoms. The van der Waals surface area contributed by atoms with Gasteiger partial charge >= 0.3 is 0 Å². The molecule has 1 aliphatic rings. The van der Waals surface area contributed by atoms with Crippen molar-refractivity contribution in [3.8, 4) is 5.75 Å². The number of hydrogen-bond donors (Lipinski definition) is 2. The quantitative estimate of drug-likeness (QED) is 0.896. The van der Waals surface area contributed by atoms with Gasteiger partial charge in [0.05, 0.1) is 12.6 Å². The number of aliphatic hydroxyl groups excluding tert-OH is 1. The largest absolute Gasteiger partial charge is 0.485 e. The molecule has 20 heavy (non-hydrogen) atoms. The molecule has 2 aromatic carbocycles. The Morgan fingerprint density at radius 1 is 1.10 bits per heavy atom. The minimum absolute atomic E-state index is 0.0706. The third-order valence-corrected chi connectivity index (χ3v) is 3.75. The van der Waals surface area contributed by atoms with Crippen molar-refractivity contribution in [2.45, 2.75) is 32.1 Å². The van der Waals surface area contributed by atoms with E-state index in [1.54, 1.807) is 0 Å². The van der Waals surface area contributed by atoms with Gasteiger partial charge in [-0.3, -0.25) is 0 Å². The number of hydrogen-bond acceptors (Lipinski definition) is 3. The predicted molar refractivity (Wildman–Crippen MR) is 79.9 cm³/mol. The fraction of sp³-hybridized carbons (Fsp3) is 0.294. The second kappa shape index (κ2) is 4.84. The summed E-state index contributed by atoms with van der Waals surface area (Å²) in [6.07, 6.45) is 0. The maximum absolute atomic E-state index is 9.09. The lowest BCUT2D eigenvalue weighted by Crippen LogP contribution is -2.34. The highest BCUT2D eigenvalue weighted by molar-refractivity contribution is 5.52. The summed E-state index contributed by atoms with van der Waals surface area (Å²) in [7, 11) is 0. The molecule has 3 nitrogen and oxygen atoms in total. The number of ether oxygens (including phenoxy) is 1. The highest BCUT2D eigenvalue weighted by Gasteiger charge is 2.40. The molecule has 0 amide bonds. The van der Waals surface area contributed by atoms with Crippen LogP contribution >= 0.6 is 0 Å². The van der Waals surface area contributed by atoms with Gasteiger partial charge in [0.2, 0.25) is 0 Å². The van der Waals surface area contributed by atoms with Crippen LogP contribution in [0.15, 0.2) is 48.5 Å². The Morgan fingerprint density at radius 2 is 1.80 bits per heavy atom. The van der Waals surface area contributed by atoms with Crippen molar-refractivity contribution in [3.63, 3.8) is 0 Å². The number of anilines is 1. The van der Waals surface area contributed by atoms with Gasteiger partial charge in [-0.25, -0.2) is 0 Å². The number of rotatable bonds is 3. The van der Waals surface area contributed by atoms with Crippen LogP contribution in [0.25, 0.3) is 0 Å². The molecular formula is C17H19NO2. The molecule has 2 N–H and O–H groups in total. The molecule has 1 unspecified atom stereocenters. The molecule has 1 aliphatic heterocycles. The van der Waals surface area contributed by atoms with Gasteiger partial charge in [0.25, 0.3) is 0 Å². The van der Waals surface area contributed by atoms with Gasteiger partial charge in [-0.2, -0.15) is 0 Å². The monoisotopic (exact) mass is 269 g/mol. The first-order valence-corrected chi connectivity index (χ1v) is 6.84. The van der Waals surface area contributed by atoms with E-state index < -0.39 is 0 Å². The van der Waals surface area contributed by atoms with Gasteiger partial charge in [-0.15, -0.1) is 0 Å². The lowest BCUT2D eigenvalue weighted by molar-refractivity contribution is 0.118. The molecule has 0 saturated heterocycles. The molecule has 3 rings (SSSR count). The molecule has 1 atom stereocenters. The van der Waals surface area contributed by atoms with Gasteiger partial charge in [-0.05, 0) is 37.6 Å². The number of benzene rings is 2. The van der Waals surface area contributed by atoms with Crippen LogP contribution in [0.1, 0.15) is 31.0 Å². The average molecular weight is 269 g/mol. The van der Waals surface area contributed by atoms with Crippen LogP contribution in [0.3, 0.4) is 0 Å². The van der Waals surface area contributed by atoms with Crippen LogP contribution in [0.5, 0.6) is 5.75 Å². The molecule has 0 spiro atoms. The first kappa shape index (κ1) is 13.0. The molecule has 0 aromatic heterocycles. The summed E-state index contributed by atoms with van der Waals surface area (Å²) in [5, 5.41) is 12.6. The number of fused-ring (bicyclic) bond motifs is 1. The van der Waals surface area contributed by atoms with Crippen LogP contribution in [-0.2, 0) is 6.61 Å². The topological polar surface area (TPSA) is 41.5 Å². The third-order valence-electron chi connectivity index (χ3n) is 3.75. The summed E-state index contributed by atoms with van der Waals surface area (Å²) in [6, 6.07) is 16.1. The Labute approximate surface area is 119 Å². The van der Waals surface area contributed by atoms with Gasteiger partial charge in [0.1, 0.15) is 11.4 Å². The number of para-hydroxylation sites is 1. The molecule has 104 valence electrons. The minimum atomic E-state index is -0.292. The Morgan fingerprint density at radius 3 is 2.50 bits per heavy atom. The Hall–Kier alpha value is -2.00. The highest BCUT2D eigenvalue weighted by Crippen LogP contribution is 2.44. The van der Waals surface area contributed by atoms with E-state index in [0.717, 1.165) is 17.0 Å². The van der Waals surface area contributed by atoms with Crippen LogP contribution in [0.4, 0.5) is 5.69 Å². The van der Waals surface area contributed by atoms with E-state index in [1.165, 1.54) is 5.56 Å². The second-order valence-corrected chi connectivity index (χ2v) is 5.68. The number of nitrogens with one attached hydrogen (secondary N) is 1. The maximum atomic E-state index is 9.09. The Kier molecular flexibility index (Phi) is 3.14. The van der Waals surface area contributed by atoms with Gasteiger partial charge in [0, 0.05) is 11.3 Å². The van der Waals surface area contributed by atoms with E-state index in [4.69, 9.17) is 9.84 Å². The van der Waals surface area contributed by atoms with Crippen LogP contribution in [0.2, 0.25) is 0 Å². The zero-order chi connectivity index (χ0) is 14.2. The third kappa shape index (κ3) is 2.25. The molecule has 0 fully saturated rings. The standard InChI is InChI=1S/C17H19NO2/c1-17(2)16(14-5-3-4-6-15(14)20-17)18-13-9-7-12(11-19)8-10-13/h3-10,16,18-19H,11H2,1-2H3. The number of aliphatic hydroxyl groups is 1. The van der Waals surface area contributed by atoms with Gasteiger partial charge in [0.15, 0.2) is 0 Å². The van der Waals surface area contributed by atoms with Gasteiger partial charge < -0.3 is 15.2 Å². The first-order valence-electron chi connectivity index (χ1n) is 6.84. The van der Waals surface area contributed by atoms with E-state index in [0.29, 0.717) is 0 Å². The summed E-state index contributed by atoms with van der Waals surface area (Å²) in [6.45, 7) is 4.25. The Bertz CT molecular complexity index is 605. The van der Waals surface area contributed by atoms with E-state index in [1.807, 2.05) is 42.5 Å². The Balaban J connectivity index is 1.88. The lowest BCUT2D eigenvalue weighted by Gasteiger charge is -2.28. The molecule has 1 heterocycles. The van der Waals surface area contributed by atoms with E-state index in [9.17, 15) is 0 Å². The van der Waals surface area contributed by atoms with Crippen molar-refractivity contribution < 1.29 is 9.84 Å². The molecule has 0 saturated carbocycles. The van der Waals surface area contributed by atoms with Crippen LogP contribution < -0.4 is 10.1 Å². The van der Waals surface area contributed by atoms with Crippen molar-refractivity contribution >= 4 is 5.69 Å². The van der Waals surface area contributed by atoms with Crippen molar-refractivity contribution in [1.82, 2.24) is 0 Å². The lowest BCUT2D eigenvalue weighted by atomic mass is 9.94. The van der Waals surface area contributed by atoms with Crippen LogP contribution in [0, 0.1) is 0 Å². The van der Waals surface area contributed by atoms with Crippen molar-refractivity contribution in [3.05, 3.63) is 59.7 Å². The van der Waals surface area contributed by atoms with Crippen molar-refractivity contribution in [2.75, 3.05) is 5.32 Å². The predicted octanol–water partition coefficient (Wildman–Crippen LogP) is 3.50.